The van der Waals surface area contributed by atoms with Crippen LogP contribution < -0.4 is 0 Å². The first-order valence-electron chi connectivity index (χ1n) is 6.78. The van der Waals surface area contributed by atoms with E-state index in [1.807, 2.05) is 25.1 Å². The third kappa shape index (κ3) is 3.13. The number of aryl methyl sites for hydroxylation is 1. The number of carbonyl (C=O) groups excluding carboxylic acids is 2. The number of amides is 1. The van der Waals surface area contributed by atoms with Gasteiger partial charge >= 0.3 is 5.97 Å². The summed E-state index contributed by atoms with van der Waals surface area (Å²) in [5.41, 5.74) is 2.32. The maximum Gasteiger partial charge on any atom is 0.332 e. The Morgan fingerprint density at radius 3 is 3.00 bits per heavy atom. The maximum atomic E-state index is 11.5. The monoisotopic (exact) mass is 261 g/mol. The highest BCUT2D eigenvalue weighted by molar-refractivity contribution is 5.70. The zero-order valence-electron chi connectivity index (χ0n) is 11.2. The van der Waals surface area contributed by atoms with Gasteiger partial charge in [0.15, 0.2) is 0 Å². The second kappa shape index (κ2) is 6.36. The highest BCUT2D eigenvalue weighted by Crippen LogP contribution is 2.33. The molecule has 0 heterocycles. The van der Waals surface area contributed by atoms with Gasteiger partial charge in [-0.05, 0) is 36.8 Å². The molecule has 0 radical (unpaired) electrons. The Labute approximate surface area is 113 Å². The van der Waals surface area contributed by atoms with Crippen LogP contribution in [0.25, 0.3) is 0 Å². The molecule has 0 bridgehead atoms. The molecule has 1 aromatic carbocycles. The summed E-state index contributed by atoms with van der Waals surface area (Å²) in [5, 5.41) is 1.18. The summed E-state index contributed by atoms with van der Waals surface area (Å²) in [6.07, 6.45) is 4.50. The van der Waals surface area contributed by atoms with Crippen LogP contribution in [0.15, 0.2) is 24.3 Å². The molecule has 4 nitrogen and oxygen atoms in total. The van der Waals surface area contributed by atoms with Crippen LogP contribution in [0, 0.1) is 0 Å². The summed E-state index contributed by atoms with van der Waals surface area (Å²) in [7, 11) is 0. The fraction of sp³-hybridized carbons (Fsp3) is 0.467. The van der Waals surface area contributed by atoms with E-state index >= 15 is 0 Å². The standard InChI is InChI=1S/C15H19NO3/c1-2-6-15(18)19-16(11-17)14-10-5-8-12-7-3-4-9-13(12)14/h3-4,7,9,11,14H,2,5-6,8,10H2,1H3. The average molecular weight is 261 g/mol. The third-order valence-electron chi connectivity index (χ3n) is 3.41. The summed E-state index contributed by atoms with van der Waals surface area (Å²) in [6.45, 7) is 1.91. The number of benzene rings is 1. The minimum Gasteiger partial charge on any atom is -0.338 e. The minimum atomic E-state index is -0.349. The van der Waals surface area contributed by atoms with Crippen LogP contribution in [0.2, 0.25) is 0 Å². The fourth-order valence-corrected chi connectivity index (χ4v) is 2.52. The number of hydrogen-bond donors (Lipinski definition) is 0. The van der Waals surface area contributed by atoms with Crippen molar-refractivity contribution in [3.8, 4) is 0 Å². The molecule has 0 N–H and O–H groups in total. The molecule has 19 heavy (non-hydrogen) atoms. The van der Waals surface area contributed by atoms with Crippen LogP contribution in [0.3, 0.4) is 0 Å². The Morgan fingerprint density at radius 2 is 2.26 bits per heavy atom. The topological polar surface area (TPSA) is 46.6 Å². The first-order chi connectivity index (χ1) is 9.26. The summed E-state index contributed by atoms with van der Waals surface area (Å²) < 4.78 is 0. The Morgan fingerprint density at radius 1 is 1.47 bits per heavy atom. The Kier molecular flexibility index (Phi) is 4.55. The van der Waals surface area contributed by atoms with E-state index in [9.17, 15) is 9.59 Å². The SMILES string of the molecule is CCCC(=O)ON(C=O)C1CCCc2ccccc21. The molecule has 1 amide bonds. The van der Waals surface area contributed by atoms with Gasteiger partial charge < -0.3 is 4.84 Å². The maximum absolute atomic E-state index is 11.5. The second-order valence-corrected chi connectivity index (χ2v) is 4.79. The van der Waals surface area contributed by atoms with E-state index in [1.54, 1.807) is 0 Å². The lowest BCUT2D eigenvalue weighted by Crippen LogP contribution is -2.32. The van der Waals surface area contributed by atoms with E-state index in [2.05, 4.69) is 6.07 Å². The predicted molar refractivity (Wildman–Crippen MR) is 71.0 cm³/mol. The van der Waals surface area contributed by atoms with Crippen molar-refractivity contribution in [1.82, 2.24) is 5.06 Å². The van der Waals surface area contributed by atoms with Gasteiger partial charge in [0.1, 0.15) is 0 Å². The molecule has 0 saturated carbocycles. The molecule has 2 rings (SSSR count). The van der Waals surface area contributed by atoms with Crippen molar-refractivity contribution in [2.75, 3.05) is 0 Å². The number of nitrogens with zero attached hydrogens (tertiary/aromatic N) is 1. The first kappa shape index (κ1) is 13.6. The first-order valence-corrected chi connectivity index (χ1v) is 6.78. The molecule has 4 heteroatoms. The summed E-state index contributed by atoms with van der Waals surface area (Å²) >= 11 is 0. The predicted octanol–water partition coefficient (Wildman–Crippen LogP) is 2.78. The molecule has 1 atom stereocenters. The van der Waals surface area contributed by atoms with Crippen molar-refractivity contribution in [2.24, 2.45) is 0 Å². The number of carbonyl (C=O) groups is 2. The Bertz CT molecular complexity index is 458. The molecule has 0 spiro atoms. The van der Waals surface area contributed by atoms with Crippen molar-refractivity contribution in [3.63, 3.8) is 0 Å². The molecule has 0 fully saturated rings. The normalized spacial score (nSPS) is 17.4. The van der Waals surface area contributed by atoms with Crippen LogP contribution >= 0.6 is 0 Å². The molecule has 1 aliphatic carbocycles. The zero-order chi connectivity index (χ0) is 13.7. The number of fused-ring (bicyclic) bond motifs is 1. The summed E-state index contributed by atoms with van der Waals surface area (Å²) in [4.78, 5) is 27.9. The Balaban J connectivity index is 2.16. The molecule has 1 unspecified atom stereocenters. The van der Waals surface area contributed by atoms with E-state index in [1.165, 1.54) is 10.6 Å². The third-order valence-corrected chi connectivity index (χ3v) is 3.41. The molecular formula is C15H19NO3. The van der Waals surface area contributed by atoms with Crippen molar-refractivity contribution < 1.29 is 14.4 Å². The largest absolute Gasteiger partial charge is 0.338 e. The van der Waals surface area contributed by atoms with Crippen LogP contribution in [-0.4, -0.2) is 17.4 Å². The van der Waals surface area contributed by atoms with Gasteiger partial charge in [0.2, 0.25) is 6.41 Å². The van der Waals surface area contributed by atoms with Gasteiger partial charge in [0.05, 0.1) is 6.04 Å². The lowest BCUT2D eigenvalue weighted by atomic mass is 9.88. The van der Waals surface area contributed by atoms with E-state index in [4.69, 9.17) is 4.84 Å². The summed E-state index contributed by atoms with van der Waals surface area (Å²) in [6, 6.07) is 7.87. The van der Waals surface area contributed by atoms with Gasteiger partial charge in [0, 0.05) is 6.42 Å². The van der Waals surface area contributed by atoms with E-state index in [0.717, 1.165) is 24.8 Å². The van der Waals surface area contributed by atoms with Crippen LogP contribution in [0.4, 0.5) is 0 Å². The lowest BCUT2D eigenvalue weighted by molar-refractivity contribution is -0.201. The van der Waals surface area contributed by atoms with Gasteiger partial charge in [-0.25, -0.2) is 4.79 Å². The molecule has 0 saturated heterocycles. The Hall–Kier alpha value is -1.84. The molecule has 0 aliphatic heterocycles. The fourth-order valence-electron chi connectivity index (χ4n) is 2.52. The van der Waals surface area contributed by atoms with Crippen molar-refractivity contribution in [2.45, 2.75) is 45.1 Å². The quantitative estimate of drug-likeness (QED) is 0.605. The van der Waals surface area contributed by atoms with Gasteiger partial charge in [0.25, 0.3) is 0 Å². The molecule has 1 aliphatic rings. The number of rotatable bonds is 5. The smallest absolute Gasteiger partial charge is 0.332 e. The highest BCUT2D eigenvalue weighted by Gasteiger charge is 2.27. The van der Waals surface area contributed by atoms with Crippen LogP contribution in [0.5, 0.6) is 0 Å². The van der Waals surface area contributed by atoms with Gasteiger partial charge in [-0.3, -0.25) is 4.79 Å². The molecule has 0 aromatic heterocycles. The van der Waals surface area contributed by atoms with Crippen LogP contribution in [-0.2, 0) is 20.8 Å². The van der Waals surface area contributed by atoms with Gasteiger partial charge in [-0.1, -0.05) is 31.2 Å². The highest BCUT2D eigenvalue weighted by atomic mass is 16.7. The van der Waals surface area contributed by atoms with Crippen molar-refractivity contribution in [1.29, 1.82) is 0 Å². The van der Waals surface area contributed by atoms with E-state index < -0.39 is 0 Å². The molecule has 1 aromatic rings. The lowest BCUT2D eigenvalue weighted by Gasteiger charge is -2.31. The van der Waals surface area contributed by atoms with E-state index in [-0.39, 0.29) is 12.0 Å². The van der Waals surface area contributed by atoms with Crippen molar-refractivity contribution in [3.05, 3.63) is 35.4 Å². The van der Waals surface area contributed by atoms with Crippen LogP contribution in [0.1, 0.15) is 49.8 Å². The number of hydroxylamine groups is 2. The zero-order valence-corrected chi connectivity index (χ0v) is 11.2. The molecule has 102 valence electrons. The number of hydrogen-bond acceptors (Lipinski definition) is 3. The second-order valence-electron chi connectivity index (χ2n) is 4.79. The van der Waals surface area contributed by atoms with Crippen molar-refractivity contribution >= 4 is 12.4 Å². The van der Waals surface area contributed by atoms with Gasteiger partial charge in [-0.15, -0.1) is 0 Å². The van der Waals surface area contributed by atoms with E-state index in [0.29, 0.717) is 19.3 Å². The minimum absolute atomic E-state index is 0.150. The summed E-state index contributed by atoms with van der Waals surface area (Å²) in [5.74, 6) is -0.349. The average Bonchev–Trinajstić information content (AvgIpc) is 2.44. The molecular weight excluding hydrogens is 242 g/mol. The van der Waals surface area contributed by atoms with Gasteiger partial charge in [-0.2, -0.15) is 5.06 Å².